The molecule has 0 aliphatic carbocycles. The summed E-state index contributed by atoms with van der Waals surface area (Å²) in [6.45, 7) is 2.29. The molecule has 0 bridgehead atoms. The number of hydrogen-bond acceptors (Lipinski definition) is 9. The zero-order valence-electron chi connectivity index (χ0n) is 18.4. The number of carbonyl (C=O) groups is 1. The Morgan fingerprint density at radius 1 is 1.12 bits per heavy atom. The Labute approximate surface area is 185 Å². The van der Waals surface area contributed by atoms with Crippen molar-refractivity contribution in [3.63, 3.8) is 0 Å². The first-order valence-corrected chi connectivity index (χ1v) is 10.4. The van der Waals surface area contributed by atoms with E-state index in [0.29, 0.717) is 58.8 Å². The van der Waals surface area contributed by atoms with Crippen LogP contribution in [0.1, 0.15) is 19.3 Å². The molecule has 1 aliphatic rings. The number of nitrogens with zero attached hydrogens (tertiary/aromatic N) is 4. The van der Waals surface area contributed by atoms with Gasteiger partial charge < -0.3 is 34.7 Å². The SMILES string of the molecule is COc1cc(Nc2nc3ncnc(NCCCN4CCCC4=O)c3[nH]2)cc(OC)c1OC. The Kier molecular flexibility index (Phi) is 6.43. The molecule has 0 saturated carbocycles. The van der Waals surface area contributed by atoms with Crippen LogP contribution < -0.4 is 24.8 Å². The van der Waals surface area contributed by atoms with Crippen LogP contribution in [0.25, 0.3) is 11.2 Å². The third kappa shape index (κ3) is 4.46. The Morgan fingerprint density at radius 2 is 1.91 bits per heavy atom. The first-order valence-electron chi connectivity index (χ1n) is 10.4. The van der Waals surface area contributed by atoms with Gasteiger partial charge in [0.1, 0.15) is 11.8 Å². The zero-order chi connectivity index (χ0) is 22.5. The van der Waals surface area contributed by atoms with Crippen molar-refractivity contribution in [3.05, 3.63) is 18.5 Å². The second-order valence-electron chi connectivity index (χ2n) is 7.31. The lowest BCUT2D eigenvalue weighted by Gasteiger charge is -2.15. The molecule has 1 fully saturated rings. The number of benzene rings is 1. The molecule has 32 heavy (non-hydrogen) atoms. The van der Waals surface area contributed by atoms with Crippen LogP contribution in [0.2, 0.25) is 0 Å². The number of fused-ring (bicyclic) bond motifs is 1. The van der Waals surface area contributed by atoms with E-state index in [1.807, 2.05) is 4.90 Å². The average molecular weight is 441 g/mol. The normalized spacial score (nSPS) is 13.5. The summed E-state index contributed by atoms with van der Waals surface area (Å²) in [5, 5.41) is 6.52. The summed E-state index contributed by atoms with van der Waals surface area (Å²) in [5.41, 5.74) is 1.93. The highest BCUT2D eigenvalue weighted by atomic mass is 16.5. The Bertz CT molecular complexity index is 1080. The highest BCUT2D eigenvalue weighted by molar-refractivity contribution is 5.85. The van der Waals surface area contributed by atoms with E-state index in [1.165, 1.54) is 6.33 Å². The fourth-order valence-corrected chi connectivity index (χ4v) is 3.73. The highest BCUT2D eigenvalue weighted by Gasteiger charge is 2.19. The average Bonchev–Trinajstić information content (AvgIpc) is 3.41. The minimum atomic E-state index is 0.241. The van der Waals surface area contributed by atoms with Crippen molar-refractivity contribution in [2.24, 2.45) is 0 Å². The Balaban J connectivity index is 1.46. The number of anilines is 3. The topological polar surface area (TPSA) is 127 Å². The van der Waals surface area contributed by atoms with E-state index >= 15 is 0 Å². The molecular formula is C21H27N7O4. The number of hydrogen-bond donors (Lipinski definition) is 3. The van der Waals surface area contributed by atoms with E-state index in [2.05, 4.69) is 30.6 Å². The quantitative estimate of drug-likeness (QED) is 0.407. The van der Waals surface area contributed by atoms with Gasteiger partial charge in [-0.3, -0.25) is 4.79 Å². The van der Waals surface area contributed by atoms with Crippen LogP contribution in [0.4, 0.5) is 17.5 Å². The largest absolute Gasteiger partial charge is 0.493 e. The van der Waals surface area contributed by atoms with E-state index in [9.17, 15) is 4.79 Å². The van der Waals surface area contributed by atoms with Gasteiger partial charge in [0.2, 0.25) is 17.6 Å². The third-order valence-electron chi connectivity index (χ3n) is 5.28. The zero-order valence-corrected chi connectivity index (χ0v) is 18.4. The Hall–Kier alpha value is -3.76. The van der Waals surface area contributed by atoms with Gasteiger partial charge in [-0.15, -0.1) is 0 Å². The van der Waals surface area contributed by atoms with Gasteiger partial charge in [0, 0.05) is 43.9 Å². The van der Waals surface area contributed by atoms with E-state index in [1.54, 1.807) is 33.5 Å². The molecule has 4 rings (SSSR count). The molecule has 0 atom stereocenters. The van der Waals surface area contributed by atoms with Crippen LogP contribution in [0.3, 0.4) is 0 Å². The van der Waals surface area contributed by atoms with Crippen LogP contribution in [-0.4, -0.2) is 71.7 Å². The molecule has 1 amide bonds. The standard InChI is InChI=1S/C21H27N7O4/c1-30-14-10-13(11-15(31-2)18(14)32-3)25-21-26-17-19(23-12-24-20(17)27-21)22-7-5-9-28-8-4-6-16(28)29/h10-12H,4-9H2,1-3H3,(H3,22,23,24,25,26,27). The molecule has 2 aromatic heterocycles. The number of aromatic nitrogens is 4. The number of nitrogens with one attached hydrogen (secondary N) is 3. The molecule has 11 nitrogen and oxygen atoms in total. The van der Waals surface area contributed by atoms with Gasteiger partial charge in [0.25, 0.3) is 0 Å². The molecule has 11 heteroatoms. The van der Waals surface area contributed by atoms with Crippen molar-refractivity contribution in [2.45, 2.75) is 19.3 Å². The molecule has 1 aliphatic heterocycles. The minimum Gasteiger partial charge on any atom is -0.493 e. The van der Waals surface area contributed by atoms with Gasteiger partial charge in [0.05, 0.1) is 21.3 Å². The maximum absolute atomic E-state index is 11.7. The van der Waals surface area contributed by atoms with Crippen molar-refractivity contribution in [3.8, 4) is 17.2 Å². The third-order valence-corrected chi connectivity index (χ3v) is 5.28. The summed E-state index contributed by atoms with van der Waals surface area (Å²) in [7, 11) is 4.69. The first-order chi connectivity index (χ1) is 15.6. The lowest BCUT2D eigenvalue weighted by Crippen LogP contribution is -2.27. The summed E-state index contributed by atoms with van der Waals surface area (Å²) in [6.07, 6.45) is 3.92. The van der Waals surface area contributed by atoms with Crippen molar-refractivity contribution < 1.29 is 19.0 Å². The minimum absolute atomic E-state index is 0.241. The monoisotopic (exact) mass is 441 g/mol. The fraction of sp³-hybridized carbons (Fsp3) is 0.429. The van der Waals surface area contributed by atoms with Crippen LogP contribution in [-0.2, 0) is 4.79 Å². The van der Waals surface area contributed by atoms with Crippen LogP contribution in [0.15, 0.2) is 18.5 Å². The predicted octanol–water partition coefficient (Wildman–Crippen LogP) is 2.55. The summed E-state index contributed by atoms with van der Waals surface area (Å²) in [5.74, 6) is 2.98. The summed E-state index contributed by atoms with van der Waals surface area (Å²) in [6, 6.07) is 3.58. The summed E-state index contributed by atoms with van der Waals surface area (Å²) < 4.78 is 16.2. The van der Waals surface area contributed by atoms with Gasteiger partial charge >= 0.3 is 0 Å². The molecule has 3 N–H and O–H groups in total. The molecule has 3 heterocycles. The molecule has 1 aromatic carbocycles. The van der Waals surface area contributed by atoms with Crippen molar-refractivity contribution in [1.29, 1.82) is 0 Å². The summed E-state index contributed by atoms with van der Waals surface area (Å²) >= 11 is 0. The molecule has 0 unspecified atom stereocenters. The van der Waals surface area contributed by atoms with E-state index < -0.39 is 0 Å². The second kappa shape index (κ2) is 9.58. The van der Waals surface area contributed by atoms with Gasteiger partial charge in [-0.05, 0) is 12.8 Å². The number of H-pyrrole nitrogens is 1. The lowest BCUT2D eigenvalue weighted by molar-refractivity contribution is -0.127. The fourth-order valence-electron chi connectivity index (χ4n) is 3.73. The maximum atomic E-state index is 11.7. The van der Waals surface area contributed by atoms with E-state index in [0.717, 1.165) is 25.9 Å². The maximum Gasteiger partial charge on any atom is 0.222 e. The molecule has 1 saturated heterocycles. The molecular weight excluding hydrogens is 414 g/mol. The number of imidazole rings is 1. The van der Waals surface area contributed by atoms with Crippen molar-refractivity contribution in [2.75, 3.05) is 51.6 Å². The lowest BCUT2D eigenvalue weighted by atomic mass is 10.2. The highest BCUT2D eigenvalue weighted by Crippen LogP contribution is 2.40. The number of amides is 1. The number of carbonyl (C=O) groups excluding carboxylic acids is 1. The van der Waals surface area contributed by atoms with Crippen LogP contribution in [0.5, 0.6) is 17.2 Å². The van der Waals surface area contributed by atoms with Gasteiger partial charge in [-0.25, -0.2) is 9.97 Å². The van der Waals surface area contributed by atoms with E-state index in [-0.39, 0.29) is 5.91 Å². The number of likely N-dealkylation sites (tertiary alicyclic amines) is 1. The molecule has 170 valence electrons. The number of ether oxygens (including phenoxy) is 3. The van der Waals surface area contributed by atoms with Gasteiger partial charge in [0.15, 0.2) is 23.0 Å². The molecule has 3 aromatic rings. The van der Waals surface area contributed by atoms with Crippen molar-refractivity contribution >= 4 is 34.5 Å². The van der Waals surface area contributed by atoms with E-state index in [4.69, 9.17) is 14.2 Å². The number of rotatable bonds is 10. The molecule has 0 spiro atoms. The number of methoxy groups -OCH3 is 3. The van der Waals surface area contributed by atoms with Crippen molar-refractivity contribution in [1.82, 2.24) is 24.8 Å². The smallest absolute Gasteiger partial charge is 0.222 e. The molecule has 0 radical (unpaired) electrons. The second-order valence-corrected chi connectivity index (χ2v) is 7.31. The first kappa shape index (κ1) is 21.5. The van der Waals surface area contributed by atoms with Gasteiger partial charge in [-0.2, -0.15) is 4.98 Å². The number of aromatic amines is 1. The van der Waals surface area contributed by atoms with Gasteiger partial charge in [-0.1, -0.05) is 0 Å². The van der Waals surface area contributed by atoms with Crippen LogP contribution in [0, 0.1) is 0 Å². The van der Waals surface area contributed by atoms with Crippen LogP contribution >= 0.6 is 0 Å². The summed E-state index contributed by atoms with van der Waals surface area (Å²) in [4.78, 5) is 29.9. The predicted molar refractivity (Wildman–Crippen MR) is 120 cm³/mol. The Morgan fingerprint density at radius 3 is 2.56 bits per heavy atom.